The average Bonchev–Trinajstić information content (AvgIpc) is 2.46. The molecule has 2 N–H and O–H groups in total. The Kier molecular flexibility index (Phi) is 4.99. The number of nitrogens with one attached hydrogen (secondary N) is 2. The molecule has 0 saturated heterocycles. The van der Waals surface area contributed by atoms with Gasteiger partial charge in [0.2, 0.25) is 0 Å². The largest absolute Gasteiger partial charge is 0.382 e. The molecule has 0 fully saturated rings. The van der Waals surface area contributed by atoms with Crippen LogP contribution in [0.1, 0.15) is 35.3 Å². The number of carbonyl (C=O) groups is 1. The van der Waals surface area contributed by atoms with Crippen LogP contribution in [0.3, 0.4) is 0 Å². The number of carbonyl (C=O) groups excluding carboxylic acids is 1. The van der Waals surface area contributed by atoms with Crippen molar-refractivity contribution in [2.75, 3.05) is 5.32 Å². The summed E-state index contributed by atoms with van der Waals surface area (Å²) in [5.41, 5.74) is 3.88. The van der Waals surface area contributed by atoms with Gasteiger partial charge < -0.3 is 10.6 Å². The van der Waals surface area contributed by atoms with E-state index < -0.39 is 0 Å². The van der Waals surface area contributed by atoms with Crippen LogP contribution in [0, 0.1) is 6.92 Å². The Bertz CT molecular complexity index is 620. The fourth-order valence-corrected chi connectivity index (χ4v) is 2.20. The maximum Gasteiger partial charge on any atom is 0.253 e. The zero-order valence-electron chi connectivity index (χ0n) is 12.8. The normalized spacial score (nSPS) is 10.5. The molecule has 3 heteroatoms. The second-order valence-electron chi connectivity index (χ2n) is 5.45. The molecule has 0 aromatic heterocycles. The number of benzene rings is 2. The van der Waals surface area contributed by atoms with Crippen molar-refractivity contribution in [3.8, 4) is 0 Å². The van der Waals surface area contributed by atoms with Crippen LogP contribution in [-0.4, -0.2) is 11.9 Å². The number of hydrogen-bond donors (Lipinski definition) is 2. The molecule has 3 nitrogen and oxygen atoms in total. The molecule has 110 valence electrons. The number of amides is 1. The summed E-state index contributed by atoms with van der Waals surface area (Å²) in [6.45, 7) is 6.71. The van der Waals surface area contributed by atoms with Gasteiger partial charge in [-0.1, -0.05) is 36.4 Å². The first-order valence-corrected chi connectivity index (χ1v) is 7.26. The molecule has 2 aromatic rings. The topological polar surface area (TPSA) is 41.1 Å². The quantitative estimate of drug-likeness (QED) is 0.877. The van der Waals surface area contributed by atoms with Gasteiger partial charge in [-0.3, -0.25) is 4.79 Å². The minimum atomic E-state index is -0.0537. The first-order valence-electron chi connectivity index (χ1n) is 7.26. The lowest BCUT2D eigenvalue weighted by Crippen LogP contribution is -2.25. The van der Waals surface area contributed by atoms with E-state index in [2.05, 4.69) is 37.5 Å². The Hall–Kier alpha value is -2.29. The molecular formula is C18H22N2O. The number of anilines is 1. The summed E-state index contributed by atoms with van der Waals surface area (Å²) in [5.74, 6) is -0.0537. The van der Waals surface area contributed by atoms with Crippen LogP contribution < -0.4 is 10.6 Å². The molecule has 0 radical (unpaired) electrons. The number of para-hydroxylation sites is 1. The first kappa shape index (κ1) is 15.1. The molecule has 0 unspecified atom stereocenters. The van der Waals surface area contributed by atoms with E-state index in [1.807, 2.05) is 42.5 Å². The van der Waals surface area contributed by atoms with Crippen LogP contribution in [0.4, 0.5) is 5.69 Å². The lowest BCUT2D eigenvalue weighted by Gasteiger charge is -2.15. The Labute approximate surface area is 126 Å². The highest BCUT2D eigenvalue weighted by Gasteiger charge is 2.11. The fourth-order valence-electron chi connectivity index (χ4n) is 2.20. The predicted molar refractivity (Wildman–Crippen MR) is 87.5 cm³/mol. The minimum absolute atomic E-state index is 0.0537. The summed E-state index contributed by atoms with van der Waals surface area (Å²) in [7, 11) is 0. The number of rotatable bonds is 5. The molecule has 0 aliphatic carbocycles. The lowest BCUT2D eigenvalue weighted by atomic mass is 10.1. The van der Waals surface area contributed by atoms with Crippen molar-refractivity contribution in [1.29, 1.82) is 0 Å². The Morgan fingerprint density at radius 3 is 2.43 bits per heavy atom. The van der Waals surface area contributed by atoms with Crippen LogP contribution in [0.15, 0.2) is 48.5 Å². The zero-order valence-corrected chi connectivity index (χ0v) is 12.8. The van der Waals surface area contributed by atoms with Gasteiger partial charge in [0.05, 0.1) is 5.56 Å². The van der Waals surface area contributed by atoms with Gasteiger partial charge in [0.25, 0.3) is 5.91 Å². The van der Waals surface area contributed by atoms with Crippen molar-refractivity contribution >= 4 is 11.6 Å². The molecule has 2 rings (SSSR count). The van der Waals surface area contributed by atoms with Crippen LogP contribution >= 0.6 is 0 Å². The molecule has 0 aliphatic heterocycles. The Morgan fingerprint density at radius 2 is 1.71 bits per heavy atom. The molecule has 0 heterocycles. The summed E-state index contributed by atoms with van der Waals surface area (Å²) < 4.78 is 0. The summed E-state index contributed by atoms with van der Waals surface area (Å²) >= 11 is 0. The van der Waals surface area contributed by atoms with E-state index in [4.69, 9.17) is 0 Å². The summed E-state index contributed by atoms with van der Waals surface area (Å²) in [4.78, 5) is 12.4. The van der Waals surface area contributed by atoms with E-state index in [-0.39, 0.29) is 11.9 Å². The zero-order chi connectivity index (χ0) is 15.2. The van der Waals surface area contributed by atoms with Gasteiger partial charge >= 0.3 is 0 Å². The molecular weight excluding hydrogens is 260 g/mol. The monoisotopic (exact) mass is 282 g/mol. The van der Waals surface area contributed by atoms with Crippen LogP contribution in [0.25, 0.3) is 0 Å². The lowest BCUT2D eigenvalue weighted by molar-refractivity contribution is 0.0951. The molecule has 2 aromatic carbocycles. The van der Waals surface area contributed by atoms with Gasteiger partial charge in [-0.2, -0.15) is 0 Å². The SMILES string of the molecule is Cc1ccccc1CNC(=O)c1ccccc1NC(C)C. The van der Waals surface area contributed by atoms with E-state index in [1.165, 1.54) is 5.56 Å². The van der Waals surface area contributed by atoms with Crippen molar-refractivity contribution in [2.24, 2.45) is 0 Å². The molecule has 1 amide bonds. The van der Waals surface area contributed by atoms with Gasteiger partial charge in [-0.05, 0) is 44.0 Å². The summed E-state index contributed by atoms with van der Waals surface area (Å²) in [5, 5.41) is 6.29. The molecule has 21 heavy (non-hydrogen) atoms. The highest BCUT2D eigenvalue weighted by atomic mass is 16.1. The Morgan fingerprint density at radius 1 is 1.05 bits per heavy atom. The van der Waals surface area contributed by atoms with Gasteiger partial charge in [0, 0.05) is 18.3 Å². The molecule has 0 atom stereocenters. The highest BCUT2D eigenvalue weighted by molar-refractivity contribution is 5.99. The standard InChI is InChI=1S/C18H22N2O/c1-13(2)20-17-11-7-6-10-16(17)18(21)19-12-15-9-5-4-8-14(15)3/h4-11,13,20H,12H2,1-3H3,(H,19,21). The van der Waals surface area contributed by atoms with Crippen molar-refractivity contribution in [3.05, 3.63) is 65.2 Å². The molecule has 0 aliphatic rings. The van der Waals surface area contributed by atoms with E-state index >= 15 is 0 Å². The Balaban J connectivity index is 2.09. The van der Waals surface area contributed by atoms with Crippen LogP contribution in [0.5, 0.6) is 0 Å². The van der Waals surface area contributed by atoms with Gasteiger partial charge in [-0.15, -0.1) is 0 Å². The second-order valence-corrected chi connectivity index (χ2v) is 5.45. The number of hydrogen-bond acceptors (Lipinski definition) is 2. The van der Waals surface area contributed by atoms with Crippen molar-refractivity contribution in [3.63, 3.8) is 0 Å². The van der Waals surface area contributed by atoms with Crippen molar-refractivity contribution in [1.82, 2.24) is 5.32 Å². The van der Waals surface area contributed by atoms with Crippen LogP contribution in [-0.2, 0) is 6.54 Å². The highest BCUT2D eigenvalue weighted by Crippen LogP contribution is 2.16. The number of aryl methyl sites for hydroxylation is 1. The average molecular weight is 282 g/mol. The third-order valence-corrected chi connectivity index (χ3v) is 3.32. The molecule has 0 bridgehead atoms. The maximum absolute atomic E-state index is 12.4. The van der Waals surface area contributed by atoms with Crippen LogP contribution in [0.2, 0.25) is 0 Å². The third kappa shape index (κ3) is 4.09. The van der Waals surface area contributed by atoms with Gasteiger partial charge in [0.15, 0.2) is 0 Å². The first-order chi connectivity index (χ1) is 10.1. The van der Waals surface area contributed by atoms with Crippen molar-refractivity contribution < 1.29 is 4.79 Å². The summed E-state index contributed by atoms with van der Waals surface area (Å²) in [6.07, 6.45) is 0. The van der Waals surface area contributed by atoms with E-state index in [1.54, 1.807) is 0 Å². The molecule has 0 saturated carbocycles. The fraction of sp³-hybridized carbons (Fsp3) is 0.278. The second kappa shape index (κ2) is 6.93. The van der Waals surface area contributed by atoms with Gasteiger partial charge in [-0.25, -0.2) is 0 Å². The smallest absolute Gasteiger partial charge is 0.253 e. The molecule has 0 spiro atoms. The third-order valence-electron chi connectivity index (χ3n) is 3.32. The minimum Gasteiger partial charge on any atom is -0.382 e. The van der Waals surface area contributed by atoms with E-state index in [0.29, 0.717) is 12.1 Å². The van der Waals surface area contributed by atoms with E-state index in [9.17, 15) is 4.79 Å². The summed E-state index contributed by atoms with van der Waals surface area (Å²) in [6, 6.07) is 16.0. The van der Waals surface area contributed by atoms with E-state index in [0.717, 1.165) is 11.3 Å². The van der Waals surface area contributed by atoms with Gasteiger partial charge in [0.1, 0.15) is 0 Å². The maximum atomic E-state index is 12.4. The van der Waals surface area contributed by atoms with Crippen molar-refractivity contribution in [2.45, 2.75) is 33.4 Å². The predicted octanol–water partition coefficient (Wildman–Crippen LogP) is 3.75.